The molecule has 1 aromatic carbocycles. The first kappa shape index (κ1) is 12.2. The maximum absolute atomic E-state index is 12.5. The second-order valence-corrected chi connectivity index (χ2v) is 4.66. The zero-order valence-electron chi connectivity index (χ0n) is 9.14. The van der Waals surface area contributed by atoms with E-state index in [1.807, 2.05) is 6.92 Å². The Labute approximate surface area is 100 Å². The second-order valence-electron chi connectivity index (χ2n) is 3.63. The van der Waals surface area contributed by atoms with Gasteiger partial charge in [-0.15, -0.1) is 0 Å². The van der Waals surface area contributed by atoms with Crippen LogP contribution in [0, 0.1) is 0 Å². The molecule has 6 heteroatoms. The molecule has 1 N–H and O–H groups in total. The van der Waals surface area contributed by atoms with Crippen LogP contribution in [0.25, 0.3) is 10.2 Å². The Morgan fingerprint density at radius 1 is 1.35 bits per heavy atom. The lowest BCUT2D eigenvalue weighted by molar-refractivity contribution is -0.137. The number of benzene rings is 1. The van der Waals surface area contributed by atoms with E-state index in [4.69, 9.17) is 0 Å². The summed E-state index contributed by atoms with van der Waals surface area (Å²) in [7, 11) is 0. The highest BCUT2D eigenvalue weighted by atomic mass is 32.1. The first-order valence-electron chi connectivity index (χ1n) is 5.22. The highest BCUT2D eigenvalue weighted by Crippen LogP contribution is 2.34. The number of alkyl halides is 3. The molecule has 0 unspecified atom stereocenters. The van der Waals surface area contributed by atoms with E-state index in [9.17, 15) is 13.2 Å². The summed E-state index contributed by atoms with van der Waals surface area (Å²) in [5.74, 6) is 0. The van der Waals surface area contributed by atoms with Crippen molar-refractivity contribution in [1.29, 1.82) is 0 Å². The summed E-state index contributed by atoms with van der Waals surface area (Å²) in [6.45, 7) is 2.79. The van der Waals surface area contributed by atoms with E-state index >= 15 is 0 Å². The Bertz CT molecular complexity index is 519. The molecule has 2 rings (SSSR count). The number of nitrogens with zero attached hydrogens (tertiary/aromatic N) is 1. The predicted molar refractivity (Wildman–Crippen MR) is 63.4 cm³/mol. The fourth-order valence-electron chi connectivity index (χ4n) is 1.41. The Kier molecular flexibility index (Phi) is 3.24. The molecule has 0 radical (unpaired) electrons. The molecule has 0 saturated heterocycles. The van der Waals surface area contributed by atoms with Gasteiger partial charge in [0.2, 0.25) is 0 Å². The van der Waals surface area contributed by atoms with Crippen molar-refractivity contribution >= 4 is 26.7 Å². The van der Waals surface area contributed by atoms with Crippen LogP contribution in [0.3, 0.4) is 0 Å². The topological polar surface area (TPSA) is 24.9 Å². The summed E-state index contributed by atoms with van der Waals surface area (Å²) in [5.41, 5.74) is -0.0303. The molecule has 0 spiro atoms. The number of aromatic nitrogens is 1. The number of fused-ring (bicyclic) bond motifs is 1. The number of hydrogen-bond acceptors (Lipinski definition) is 3. The van der Waals surface area contributed by atoms with Crippen LogP contribution in [0.15, 0.2) is 18.2 Å². The zero-order valence-corrected chi connectivity index (χ0v) is 9.95. The summed E-state index contributed by atoms with van der Waals surface area (Å²) in [6, 6.07) is 3.61. The average Bonchev–Trinajstić information content (AvgIpc) is 2.66. The Morgan fingerprint density at radius 3 is 2.76 bits per heavy atom. The first-order valence-corrected chi connectivity index (χ1v) is 6.04. The summed E-state index contributed by atoms with van der Waals surface area (Å²) in [6.07, 6.45) is -3.35. The number of thiazole rings is 1. The first-order chi connectivity index (χ1) is 8.00. The van der Waals surface area contributed by atoms with Gasteiger partial charge in [0.05, 0.1) is 15.8 Å². The fraction of sp³-hybridized carbons (Fsp3) is 0.364. The minimum Gasteiger partial charge on any atom is -0.361 e. The third kappa shape index (κ3) is 2.69. The van der Waals surface area contributed by atoms with Gasteiger partial charge in [0, 0.05) is 6.54 Å². The van der Waals surface area contributed by atoms with Crippen LogP contribution in [0.4, 0.5) is 18.3 Å². The summed E-state index contributed by atoms with van der Waals surface area (Å²) < 4.78 is 38.0. The van der Waals surface area contributed by atoms with Crippen LogP contribution in [-0.2, 0) is 6.18 Å². The largest absolute Gasteiger partial charge is 0.416 e. The number of hydrogen-bond donors (Lipinski definition) is 1. The Hall–Kier alpha value is -1.30. The SMILES string of the molecule is CCCNc1nc2ccc(C(F)(F)F)cc2s1. The van der Waals surface area contributed by atoms with Gasteiger partial charge in [-0.2, -0.15) is 13.2 Å². The number of rotatable bonds is 3. The molecule has 0 aliphatic carbocycles. The van der Waals surface area contributed by atoms with E-state index in [1.54, 1.807) is 0 Å². The van der Waals surface area contributed by atoms with Gasteiger partial charge in [-0.25, -0.2) is 4.98 Å². The number of halogens is 3. The monoisotopic (exact) mass is 260 g/mol. The van der Waals surface area contributed by atoms with Crippen LogP contribution < -0.4 is 5.32 Å². The van der Waals surface area contributed by atoms with Gasteiger partial charge in [-0.3, -0.25) is 0 Å². The summed E-state index contributed by atoms with van der Waals surface area (Å²) in [5, 5.41) is 3.74. The highest BCUT2D eigenvalue weighted by molar-refractivity contribution is 7.22. The Balaban J connectivity index is 2.34. The van der Waals surface area contributed by atoms with E-state index in [2.05, 4.69) is 10.3 Å². The maximum atomic E-state index is 12.5. The van der Waals surface area contributed by atoms with Crippen LogP contribution in [0.5, 0.6) is 0 Å². The lowest BCUT2D eigenvalue weighted by atomic mass is 10.2. The van der Waals surface area contributed by atoms with Gasteiger partial charge in [0.1, 0.15) is 0 Å². The standard InChI is InChI=1S/C11H11F3N2S/c1-2-5-15-10-16-8-4-3-7(11(12,13)14)6-9(8)17-10/h3-4,6H,2,5H2,1H3,(H,15,16). The van der Waals surface area contributed by atoms with Gasteiger partial charge < -0.3 is 5.32 Å². The van der Waals surface area contributed by atoms with E-state index in [0.717, 1.165) is 25.1 Å². The average molecular weight is 260 g/mol. The molecule has 2 nitrogen and oxygen atoms in total. The molecule has 0 fully saturated rings. The molecule has 0 amide bonds. The van der Waals surface area contributed by atoms with E-state index in [1.165, 1.54) is 17.4 Å². The fourth-order valence-corrected chi connectivity index (χ4v) is 2.34. The third-order valence-corrected chi connectivity index (χ3v) is 3.22. The normalized spacial score (nSPS) is 12.0. The minimum absolute atomic E-state index is 0.554. The number of anilines is 1. The van der Waals surface area contributed by atoms with Crippen molar-refractivity contribution in [3.8, 4) is 0 Å². The molecule has 2 aromatic rings. The molecule has 1 aromatic heterocycles. The van der Waals surface area contributed by atoms with Crippen LogP contribution in [-0.4, -0.2) is 11.5 Å². The molecular weight excluding hydrogens is 249 g/mol. The zero-order chi connectivity index (χ0) is 12.5. The van der Waals surface area contributed by atoms with Gasteiger partial charge in [-0.1, -0.05) is 18.3 Å². The lowest BCUT2D eigenvalue weighted by Gasteiger charge is -2.04. The molecule has 92 valence electrons. The van der Waals surface area contributed by atoms with Gasteiger partial charge in [0.25, 0.3) is 0 Å². The number of nitrogens with one attached hydrogen (secondary N) is 1. The van der Waals surface area contributed by atoms with Crippen molar-refractivity contribution in [1.82, 2.24) is 4.98 Å². The quantitative estimate of drug-likeness (QED) is 0.897. The van der Waals surface area contributed by atoms with Gasteiger partial charge >= 0.3 is 6.18 Å². The van der Waals surface area contributed by atoms with Crippen LogP contribution >= 0.6 is 11.3 Å². The van der Waals surface area contributed by atoms with Crippen LogP contribution in [0.2, 0.25) is 0 Å². The highest BCUT2D eigenvalue weighted by Gasteiger charge is 2.30. The van der Waals surface area contributed by atoms with Crippen molar-refractivity contribution in [3.63, 3.8) is 0 Å². The van der Waals surface area contributed by atoms with E-state index < -0.39 is 11.7 Å². The van der Waals surface area contributed by atoms with E-state index in [-0.39, 0.29) is 0 Å². The van der Waals surface area contributed by atoms with Gasteiger partial charge in [-0.05, 0) is 24.6 Å². The van der Waals surface area contributed by atoms with Crippen LogP contribution in [0.1, 0.15) is 18.9 Å². The van der Waals surface area contributed by atoms with Crippen molar-refractivity contribution < 1.29 is 13.2 Å². The lowest BCUT2D eigenvalue weighted by Crippen LogP contribution is -2.03. The molecule has 1 heterocycles. The maximum Gasteiger partial charge on any atom is 0.416 e. The predicted octanol–water partition coefficient (Wildman–Crippen LogP) is 4.14. The minimum atomic E-state index is -4.30. The second kappa shape index (κ2) is 4.52. The van der Waals surface area contributed by atoms with Crippen molar-refractivity contribution in [2.45, 2.75) is 19.5 Å². The Morgan fingerprint density at radius 2 is 2.12 bits per heavy atom. The summed E-state index contributed by atoms with van der Waals surface area (Å²) in [4.78, 5) is 4.21. The third-order valence-electron chi connectivity index (χ3n) is 2.24. The van der Waals surface area contributed by atoms with Crippen molar-refractivity contribution in [2.75, 3.05) is 11.9 Å². The smallest absolute Gasteiger partial charge is 0.361 e. The summed E-state index contributed by atoms with van der Waals surface area (Å²) >= 11 is 1.25. The van der Waals surface area contributed by atoms with E-state index in [0.29, 0.717) is 15.3 Å². The molecule has 17 heavy (non-hydrogen) atoms. The molecule has 0 atom stereocenters. The van der Waals surface area contributed by atoms with Gasteiger partial charge in [0.15, 0.2) is 5.13 Å². The molecule has 0 aliphatic rings. The molecule has 0 bridgehead atoms. The molecule has 0 saturated carbocycles. The van der Waals surface area contributed by atoms with Crippen molar-refractivity contribution in [3.05, 3.63) is 23.8 Å². The van der Waals surface area contributed by atoms with Crippen molar-refractivity contribution in [2.24, 2.45) is 0 Å². The molecular formula is C11H11F3N2S. The molecule has 0 aliphatic heterocycles.